The maximum Gasteiger partial charge on any atom is 0.424 e. The lowest BCUT2D eigenvalue weighted by Crippen LogP contribution is -2.56. The van der Waals surface area contributed by atoms with Gasteiger partial charge in [-0.1, -0.05) is 0 Å². The minimum atomic E-state index is -6.96. The highest BCUT2D eigenvalue weighted by molar-refractivity contribution is 4.90. The van der Waals surface area contributed by atoms with Gasteiger partial charge in [0, 0.05) is 0 Å². The zero-order chi connectivity index (χ0) is 22.3. The van der Waals surface area contributed by atoms with Crippen LogP contribution < -0.4 is 0 Å². The number of rotatable bonds is 10. The Balaban J connectivity index is 5.61. The van der Waals surface area contributed by atoms with Crippen molar-refractivity contribution in [3.05, 3.63) is 0 Å². The Morgan fingerprint density at radius 2 is 0.704 bits per heavy atom. The molecule has 0 bridgehead atoms. The molecule has 0 fully saturated rings. The molecule has 0 rings (SSSR count). The van der Waals surface area contributed by atoms with Crippen LogP contribution in [0.2, 0.25) is 0 Å². The first-order valence-electron chi connectivity index (χ1n) is 5.74. The lowest BCUT2D eigenvalue weighted by Gasteiger charge is -2.34. The molecule has 0 saturated heterocycles. The van der Waals surface area contributed by atoms with Crippen molar-refractivity contribution in [2.75, 3.05) is 0 Å². The van der Waals surface area contributed by atoms with Gasteiger partial charge in [0.25, 0.3) is 0 Å². The Hall–Kier alpha value is -1.20. The molecule has 0 aromatic rings. The van der Waals surface area contributed by atoms with Crippen molar-refractivity contribution in [2.45, 2.75) is 55.6 Å². The lowest BCUT2D eigenvalue weighted by molar-refractivity contribution is -0.475. The molecule has 2 nitrogen and oxygen atoms in total. The number of alkyl halides is 16. The van der Waals surface area contributed by atoms with Crippen LogP contribution in [0.1, 0.15) is 6.42 Å². The minimum Gasteiger partial charge on any atom is -0.246 e. The van der Waals surface area contributed by atoms with Crippen molar-refractivity contribution in [2.24, 2.45) is 0 Å². The maximum atomic E-state index is 13.0. The summed E-state index contributed by atoms with van der Waals surface area (Å²) in [6.07, 6.45) is -41.4. The standard InChI is InChI=1S/C9H4F16O2/c10-2(11)6(18,19)26-8(22,23)4(14,15)1-5(16,17)9(24,25)27-7(20,21)3(12)13/h2-3H,1H2. The van der Waals surface area contributed by atoms with Crippen LogP contribution in [0.15, 0.2) is 0 Å². The van der Waals surface area contributed by atoms with Crippen LogP contribution in [0.4, 0.5) is 70.2 Å². The monoisotopic (exact) mass is 448 g/mol. The Morgan fingerprint density at radius 1 is 0.481 bits per heavy atom. The van der Waals surface area contributed by atoms with Crippen molar-refractivity contribution >= 4 is 0 Å². The van der Waals surface area contributed by atoms with E-state index in [-0.39, 0.29) is 0 Å². The first-order valence-corrected chi connectivity index (χ1v) is 5.74. The molecule has 0 aliphatic rings. The number of halogens is 16. The lowest BCUT2D eigenvalue weighted by atomic mass is 10.1. The van der Waals surface area contributed by atoms with Crippen LogP contribution >= 0.6 is 0 Å². The van der Waals surface area contributed by atoms with Gasteiger partial charge in [0.1, 0.15) is 0 Å². The summed E-state index contributed by atoms with van der Waals surface area (Å²) in [7, 11) is 0. The van der Waals surface area contributed by atoms with Crippen LogP contribution in [-0.4, -0.2) is 49.1 Å². The first kappa shape index (κ1) is 25.8. The largest absolute Gasteiger partial charge is 0.424 e. The third kappa shape index (κ3) is 5.89. The highest BCUT2D eigenvalue weighted by Gasteiger charge is 2.73. The Labute approximate surface area is 137 Å². The van der Waals surface area contributed by atoms with Gasteiger partial charge in [-0.05, 0) is 0 Å². The van der Waals surface area contributed by atoms with Gasteiger partial charge < -0.3 is 0 Å². The van der Waals surface area contributed by atoms with Gasteiger partial charge in [0.05, 0.1) is 6.42 Å². The fourth-order valence-electron chi connectivity index (χ4n) is 1.06. The third-order valence-electron chi connectivity index (χ3n) is 2.33. The van der Waals surface area contributed by atoms with E-state index >= 15 is 0 Å². The molecule has 0 N–H and O–H groups in total. The topological polar surface area (TPSA) is 18.5 Å². The van der Waals surface area contributed by atoms with Gasteiger partial charge >= 0.3 is 49.1 Å². The predicted molar refractivity (Wildman–Crippen MR) is 48.5 cm³/mol. The van der Waals surface area contributed by atoms with E-state index in [4.69, 9.17) is 0 Å². The molecule has 0 heterocycles. The van der Waals surface area contributed by atoms with E-state index in [1.807, 2.05) is 0 Å². The summed E-state index contributed by atoms with van der Waals surface area (Å²) in [5.41, 5.74) is 0. The second-order valence-corrected chi connectivity index (χ2v) is 4.55. The molecule has 0 aliphatic carbocycles. The summed E-state index contributed by atoms with van der Waals surface area (Å²) in [5.74, 6) is -13.6. The summed E-state index contributed by atoms with van der Waals surface area (Å²) in [5, 5.41) is 0. The van der Waals surface area contributed by atoms with E-state index in [1.165, 1.54) is 0 Å². The molecule has 0 unspecified atom stereocenters. The van der Waals surface area contributed by atoms with E-state index in [2.05, 4.69) is 0 Å². The Kier molecular flexibility index (Phi) is 7.00. The zero-order valence-electron chi connectivity index (χ0n) is 11.7. The quantitative estimate of drug-likeness (QED) is 0.407. The average Bonchev–Trinajstić information content (AvgIpc) is 2.33. The Bertz CT molecular complexity index is 456. The van der Waals surface area contributed by atoms with Crippen molar-refractivity contribution in [1.82, 2.24) is 0 Å². The highest BCUT2D eigenvalue weighted by atomic mass is 19.4. The number of hydrogen-bond acceptors (Lipinski definition) is 2. The summed E-state index contributed by atoms with van der Waals surface area (Å²) < 4.78 is 202. The van der Waals surface area contributed by atoms with E-state index in [0.717, 1.165) is 0 Å². The van der Waals surface area contributed by atoms with Crippen LogP contribution in [0.3, 0.4) is 0 Å². The minimum absolute atomic E-state index is 1.70. The van der Waals surface area contributed by atoms with Gasteiger partial charge in [-0.15, -0.1) is 0 Å². The van der Waals surface area contributed by atoms with Gasteiger partial charge in [-0.2, -0.15) is 52.7 Å². The molecular weight excluding hydrogens is 444 g/mol. The van der Waals surface area contributed by atoms with Gasteiger partial charge in [0.2, 0.25) is 0 Å². The zero-order valence-corrected chi connectivity index (χ0v) is 11.7. The first-order chi connectivity index (χ1) is 11.5. The fourth-order valence-corrected chi connectivity index (χ4v) is 1.06. The molecule has 0 spiro atoms. The second kappa shape index (κ2) is 7.32. The van der Waals surface area contributed by atoms with E-state index in [0.29, 0.717) is 0 Å². The molecule has 0 saturated carbocycles. The summed E-state index contributed by atoms with van der Waals surface area (Å²) in [6.45, 7) is 0. The predicted octanol–water partition coefficient (Wildman–Crippen LogP) is 5.58. The van der Waals surface area contributed by atoms with E-state index in [1.54, 1.807) is 9.47 Å². The molecule has 27 heavy (non-hydrogen) atoms. The molecule has 0 radical (unpaired) electrons. The summed E-state index contributed by atoms with van der Waals surface area (Å²) in [4.78, 5) is 0. The SMILES string of the molecule is FC(F)C(F)(F)OC(F)(F)C(F)(F)CC(F)(F)C(F)(F)OC(F)(F)C(F)F. The maximum absolute atomic E-state index is 13.0. The molecule has 0 aromatic heterocycles. The van der Waals surface area contributed by atoms with Crippen molar-refractivity contribution in [3.63, 3.8) is 0 Å². The van der Waals surface area contributed by atoms with Crippen LogP contribution in [-0.2, 0) is 9.47 Å². The van der Waals surface area contributed by atoms with Gasteiger partial charge in [-0.3, -0.25) is 0 Å². The van der Waals surface area contributed by atoms with Crippen molar-refractivity contribution in [1.29, 1.82) is 0 Å². The normalized spacial score (nSPS) is 15.8. The summed E-state index contributed by atoms with van der Waals surface area (Å²) >= 11 is 0. The van der Waals surface area contributed by atoms with Crippen molar-refractivity contribution in [3.8, 4) is 0 Å². The summed E-state index contributed by atoms with van der Waals surface area (Å²) in [6, 6.07) is 0. The molecule has 164 valence electrons. The van der Waals surface area contributed by atoms with E-state index < -0.39 is 55.6 Å². The Morgan fingerprint density at radius 3 is 0.889 bits per heavy atom. The number of ether oxygens (including phenoxy) is 2. The fraction of sp³-hybridized carbons (Fsp3) is 1.00. The number of hydrogen-bond donors (Lipinski definition) is 0. The molecule has 0 atom stereocenters. The van der Waals surface area contributed by atoms with E-state index in [9.17, 15) is 70.2 Å². The smallest absolute Gasteiger partial charge is 0.246 e. The van der Waals surface area contributed by atoms with Crippen LogP contribution in [0.5, 0.6) is 0 Å². The molecule has 18 heteroatoms. The highest BCUT2D eigenvalue weighted by Crippen LogP contribution is 2.51. The molecule has 0 aliphatic heterocycles. The molecule has 0 amide bonds. The van der Waals surface area contributed by atoms with Crippen LogP contribution in [0.25, 0.3) is 0 Å². The van der Waals surface area contributed by atoms with Crippen molar-refractivity contribution < 1.29 is 79.7 Å². The van der Waals surface area contributed by atoms with Crippen LogP contribution in [0, 0.1) is 0 Å². The average molecular weight is 448 g/mol. The third-order valence-corrected chi connectivity index (χ3v) is 2.33. The van der Waals surface area contributed by atoms with Gasteiger partial charge in [0.15, 0.2) is 0 Å². The van der Waals surface area contributed by atoms with Gasteiger partial charge in [-0.25, -0.2) is 27.0 Å². The molecular formula is C9H4F16O2. The second-order valence-electron chi connectivity index (χ2n) is 4.55. The molecule has 0 aromatic carbocycles.